The molecule has 0 aliphatic heterocycles. The van der Waals surface area contributed by atoms with E-state index < -0.39 is 0 Å². The number of hydrogen-bond donors (Lipinski definition) is 0. The van der Waals surface area contributed by atoms with Crippen molar-refractivity contribution in [2.75, 3.05) is 5.75 Å². The Morgan fingerprint density at radius 3 is 2.53 bits per heavy atom. The second-order valence-electron chi connectivity index (χ2n) is 4.51. The Hall–Kier alpha value is -0.301. The molecular formula is C15H20SSe. The van der Waals surface area contributed by atoms with E-state index in [2.05, 4.69) is 66.3 Å². The predicted molar refractivity (Wildman–Crippen MR) is 82.1 cm³/mol. The van der Waals surface area contributed by atoms with Crippen molar-refractivity contribution < 1.29 is 0 Å². The minimum absolute atomic E-state index is 0.456. The molecule has 0 nitrogen and oxygen atoms in total. The van der Waals surface area contributed by atoms with Crippen LogP contribution in [0.15, 0.2) is 43.0 Å². The van der Waals surface area contributed by atoms with Crippen LogP contribution in [0.3, 0.4) is 0 Å². The summed E-state index contributed by atoms with van der Waals surface area (Å²) in [6, 6.07) is 10.7. The van der Waals surface area contributed by atoms with Gasteiger partial charge in [0.1, 0.15) is 0 Å². The summed E-state index contributed by atoms with van der Waals surface area (Å²) < 4.78 is 1.38. The van der Waals surface area contributed by atoms with Gasteiger partial charge in [0.25, 0.3) is 0 Å². The zero-order valence-electron chi connectivity index (χ0n) is 10.6. The van der Waals surface area contributed by atoms with Crippen LogP contribution in [0.1, 0.15) is 31.7 Å². The molecule has 0 aliphatic rings. The molecule has 0 amide bonds. The van der Waals surface area contributed by atoms with Gasteiger partial charge in [0.2, 0.25) is 0 Å². The molecule has 1 aromatic carbocycles. The number of hydrogen-bond acceptors (Lipinski definition) is 1. The van der Waals surface area contributed by atoms with Crippen LogP contribution in [0.2, 0.25) is 0 Å². The second-order valence-corrected chi connectivity index (χ2v) is 7.08. The van der Waals surface area contributed by atoms with Crippen molar-refractivity contribution in [3.8, 4) is 0 Å². The zero-order valence-corrected chi connectivity index (χ0v) is 13.1. The van der Waals surface area contributed by atoms with Crippen LogP contribution in [-0.4, -0.2) is 25.1 Å². The summed E-state index contributed by atoms with van der Waals surface area (Å²) in [6.45, 7) is 8.38. The van der Waals surface area contributed by atoms with Crippen LogP contribution in [0.5, 0.6) is 0 Å². The molecule has 1 unspecified atom stereocenters. The summed E-state index contributed by atoms with van der Waals surface area (Å²) in [6.07, 6.45) is 3.00. The molecule has 2 heteroatoms. The van der Waals surface area contributed by atoms with Crippen molar-refractivity contribution in [1.29, 1.82) is 0 Å². The van der Waals surface area contributed by atoms with Gasteiger partial charge in [0.15, 0.2) is 0 Å². The molecule has 17 heavy (non-hydrogen) atoms. The third-order valence-electron chi connectivity index (χ3n) is 2.45. The number of thioether (sulfide) groups is 1. The molecule has 1 atom stereocenters. The minimum atomic E-state index is 0.456. The van der Waals surface area contributed by atoms with Crippen LogP contribution in [0.4, 0.5) is 0 Å². The fourth-order valence-electron chi connectivity index (χ4n) is 1.57. The van der Waals surface area contributed by atoms with E-state index in [1.165, 1.54) is 15.1 Å². The van der Waals surface area contributed by atoms with Crippen molar-refractivity contribution in [1.82, 2.24) is 0 Å². The third-order valence-corrected chi connectivity index (χ3v) is 5.19. The van der Waals surface area contributed by atoms with Crippen molar-refractivity contribution >= 4 is 31.1 Å². The van der Waals surface area contributed by atoms with E-state index in [0.717, 1.165) is 12.3 Å². The zero-order chi connectivity index (χ0) is 12.7. The van der Waals surface area contributed by atoms with Gasteiger partial charge in [-0.05, 0) is 0 Å². The third kappa shape index (κ3) is 5.25. The van der Waals surface area contributed by atoms with Crippen LogP contribution >= 0.6 is 11.8 Å². The van der Waals surface area contributed by atoms with Gasteiger partial charge in [-0.2, -0.15) is 0 Å². The monoisotopic (exact) mass is 312 g/mol. The van der Waals surface area contributed by atoms with E-state index in [4.69, 9.17) is 0 Å². The molecule has 0 aromatic heterocycles. The first kappa shape index (κ1) is 14.8. The molecule has 0 saturated heterocycles. The standard InChI is InChI=1S/C15H20SSe/c1-4-8-14(13-9-6-5-7-10-13)15(17)16-11-12(2)3/h4-7,9-10,12,14H,1,8,11H2,2-3H3. The average Bonchev–Trinajstić information content (AvgIpc) is 2.34. The Kier molecular flexibility index (Phi) is 6.87. The molecule has 0 spiro atoms. The normalized spacial score (nSPS) is 12.4. The molecular weight excluding hydrogens is 291 g/mol. The SMILES string of the molecule is C=CCC(C(=[Se])SCC(C)C)c1ccccc1. The molecule has 1 aromatic rings. The van der Waals surface area contributed by atoms with E-state index >= 15 is 0 Å². The van der Waals surface area contributed by atoms with Gasteiger partial charge in [0, 0.05) is 0 Å². The van der Waals surface area contributed by atoms with Gasteiger partial charge in [-0.3, -0.25) is 0 Å². The first-order chi connectivity index (χ1) is 8.15. The van der Waals surface area contributed by atoms with Crippen molar-refractivity contribution in [2.24, 2.45) is 5.92 Å². The Morgan fingerprint density at radius 2 is 2.00 bits per heavy atom. The fourth-order valence-corrected chi connectivity index (χ4v) is 3.42. The Balaban J connectivity index is 2.72. The van der Waals surface area contributed by atoms with Gasteiger partial charge in [0.05, 0.1) is 0 Å². The first-order valence-electron chi connectivity index (χ1n) is 5.97. The average molecular weight is 311 g/mol. The number of allylic oxidation sites excluding steroid dienone is 1. The van der Waals surface area contributed by atoms with Crippen LogP contribution in [0, 0.1) is 5.92 Å². The summed E-state index contributed by atoms with van der Waals surface area (Å²) in [5.41, 5.74) is 1.37. The Bertz CT molecular complexity index is 356. The molecule has 0 aliphatic carbocycles. The summed E-state index contributed by atoms with van der Waals surface area (Å²) >= 11 is 5.19. The first-order valence-corrected chi connectivity index (χ1v) is 7.81. The molecule has 0 heterocycles. The van der Waals surface area contributed by atoms with Gasteiger partial charge >= 0.3 is 117 Å². The summed E-state index contributed by atoms with van der Waals surface area (Å²) in [4.78, 5) is 0. The summed E-state index contributed by atoms with van der Waals surface area (Å²) in [5, 5.41) is 0. The predicted octanol–water partition coefficient (Wildman–Crippen LogP) is 4.03. The van der Waals surface area contributed by atoms with Crippen molar-refractivity contribution in [3.05, 3.63) is 48.6 Å². The van der Waals surface area contributed by atoms with Gasteiger partial charge in [-0.25, -0.2) is 0 Å². The molecule has 0 saturated carbocycles. The quantitative estimate of drug-likeness (QED) is 0.541. The second kappa shape index (κ2) is 7.92. The maximum absolute atomic E-state index is 3.87. The molecule has 0 bridgehead atoms. The topological polar surface area (TPSA) is 0 Å². The van der Waals surface area contributed by atoms with Crippen molar-refractivity contribution in [2.45, 2.75) is 26.2 Å². The van der Waals surface area contributed by atoms with Gasteiger partial charge < -0.3 is 0 Å². The van der Waals surface area contributed by atoms with E-state index in [1.807, 2.05) is 17.8 Å². The van der Waals surface area contributed by atoms with E-state index in [-0.39, 0.29) is 0 Å². The van der Waals surface area contributed by atoms with Crippen LogP contribution < -0.4 is 0 Å². The van der Waals surface area contributed by atoms with E-state index in [0.29, 0.717) is 5.92 Å². The summed E-state index contributed by atoms with van der Waals surface area (Å²) in [7, 11) is 0. The van der Waals surface area contributed by atoms with Crippen molar-refractivity contribution in [3.63, 3.8) is 0 Å². The summed E-state index contributed by atoms with van der Waals surface area (Å²) in [5.74, 6) is 2.35. The molecule has 0 fully saturated rings. The Labute approximate surface area is 117 Å². The van der Waals surface area contributed by atoms with Gasteiger partial charge in [-0.15, -0.1) is 0 Å². The number of benzene rings is 1. The van der Waals surface area contributed by atoms with E-state index in [1.54, 1.807) is 0 Å². The fraction of sp³-hybridized carbons (Fsp3) is 0.400. The molecule has 1 rings (SSSR count). The van der Waals surface area contributed by atoms with E-state index in [9.17, 15) is 0 Å². The Morgan fingerprint density at radius 1 is 1.35 bits per heavy atom. The number of rotatable bonds is 7. The van der Waals surface area contributed by atoms with Crippen LogP contribution in [-0.2, 0) is 0 Å². The molecule has 0 N–H and O–H groups in total. The maximum atomic E-state index is 3.87. The van der Waals surface area contributed by atoms with Gasteiger partial charge in [-0.1, -0.05) is 0 Å². The van der Waals surface area contributed by atoms with Crippen LogP contribution in [0.25, 0.3) is 0 Å². The molecule has 0 radical (unpaired) electrons. The molecule has 92 valence electrons.